The minimum Gasteiger partial charge on any atom is -0.394 e. The van der Waals surface area contributed by atoms with E-state index in [2.05, 4.69) is 55.6 Å². The quantitative estimate of drug-likeness (QED) is 0.0434. The Bertz CT molecular complexity index is 831. The van der Waals surface area contributed by atoms with Crippen molar-refractivity contribution in [2.75, 3.05) is 6.61 Å². The number of aliphatic hydroxyl groups excluding tert-OH is 2. The maximum atomic E-state index is 12.4. The van der Waals surface area contributed by atoms with Crippen LogP contribution in [0.5, 0.6) is 0 Å². The molecule has 2 atom stereocenters. The zero-order valence-corrected chi connectivity index (χ0v) is 34.8. The van der Waals surface area contributed by atoms with E-state index in [1.54, 1.807) is 6.08 Å². The Hall–Kier alpha value is -1.65. The number of carbonyl (C=O) groups is 1. The highest BCUT2D eigenvalue weighted by molar-refractivity contribution is 5.76. The number of aliphatic hydroxyl groups is 2. The zero-order valence-electron chi connectivity index (χ0n) is 34.8. The molecule has 304 valence electrons. The monoisotopic (exact) mass is 728 g/mol. The van der Waals surface area contributed by atoms with Crippen LogP contribution in [0, 0.1) is 0 Å². The molecule has 2 unspecified atom stereocenters. The van der Waals surface area contributed by atoms with Crippen LogP contribution in [0.15, 0.2) is 48.6 Å². The average molecular weight is 728 g/mol. The molecular weight excluding hydrogens is 639 g/mol. The molecule has 52 heavy (non-hydrogen) atoms. The summed E-state index contributed by atoms with van der Waals surface area (Å²) >= 11 is 0. The first-order valence-electron chi connectivity index (χ1n) is 22.9. The van der Waals surface area contributed by atoms with Gasteiger partial charge in [0.05, 0.1) is 18.8 Å². The lowest BCUT2D eigenvalue weighted by Crippen LogP contribution is -2.45. The van der Waals surface area contributed by atoms with Gasteiger partial charge in [-0.1, -0.05) is 210 Å². The third kappa shape index (κ3) is 39.6. The summed E-state index contributed by atoms with van der Waals surface area (Å²) in [7, 11) is 0. The van der Waals surface area contributed by atoms with Crippen molar-refractivity contribution in [2.24, 2.45) is 0 Å². The second-order valence-corrected chi connectivity index (χ2v) is 15.5. The zero-order chi connectivity index (χ0) is 37.8. The molecule has 0 radical (unpaired) electrons. The Kier molecular flexibility index (Phi) is 42.4. The SMILES string of the molecule is CCCCCCC/C=C\C/C=C\CCCCCCCCCCCCCC(=O)NC(CO)C(O)/C=C/CC/C=C/CCCCCCCCCCCCC. The molecule has 4 heteroatoms. The molecule has 0 saturated carbocycles. The Morgan fingerprint density at radius 2 is 0.808 bits per heavy atom. The molecule has 0 aromatic heterocycles. The number of hydrogen-bond donors (Lipinski definition) is 3. The minimum absolute atomic E-state index is 0.0762. The predicted molar refractivity (Wildman–Crippen MR) is 230 cm³/mol. The van der Waals surface area contributed by atoms with E-state index in [1.807, 2.05) is 6.08 Å². The third-order valence-corrected chi connectivity index (χ3v) is 10.3. The Morgan fingerprint density at radius 3 is 1.23 bits per heavy atom. The first-order chi connectivity index (χ1) is 25.7. The molecular formula is C48H89NO3. The van der Waals surface area contributed by atoms with Gasteiger partial charge in [0.1, 0.15) is 0 Å². The fourth-order valence-electron chi connectivity index (χ4n) is 6.75. The second-order valence-electron chi connectivity index (χ2n) is 15.5. The summed E-state index contributed by atoms with van der Waals surface area (Å²) < 4.78 is 0. The van der Waals surface area contributed by atoms with Crippen LogP contribution in [0.25, 0.3) is 0 Å². The number of rotatable bonds is 41. The van der Waals surface area contributed by atoms with E-state index in [0.717, 1.165) is 38.5 Å². The fraction of sp³-hybridized carbons (Fsp3) is 0.812. The molecule has 0 fully saturated rings. The number of hydrogen-bond acceptors (Lipinski definition) is 3. The molecule has 0 saturated heterocycles. The largest absolute Gasteiger partial charge is 0.394 e. The molecule has 4 nitrogen and oxygen atoms in total. The summed E-state index contributed by atoms with van der Waals surface area (Å²) in [5.41, 5.74) is 0. The first-order valence-corrected chi connectivity index (χ1v) is 22.9. The number of unbranched alkanes of at least 4 members (excludes halogenated alkanes) is 28. The van der Waals surface area contributed by atoms with Gasteiger partial charge in [0.15, 0.2) is 0 Å². The topological polar surface area (TPSA) is 69.6 Å². The van der Waals surface area contributed by atoms with E-state index < -0.39 is 12.1 Å². The molecule has 0 heterocycles. The lowest BCUT2D eigenvalue weighted by molar-refractivity contribution is -0.123. The van der Waals surface area contributed by atoms with Gasteiger partial charge in [-0.2, -0.15) is 0 Å². The van der Waals surface area contributed by atoms with Crippen molar-refractivity contribution in [2.45, 2.75) is 244 Å². The van der Waals surface area contributed by atoms with Gasteiger partial charge in [0.25, 0.3) is 0 Å². The molecule has 0 aromatic rings. The molecule has 1 amide bonds. The van der Waals surface area contributed by atoms with Crippen molar-refractivity contribution < 1.29 is 15.0 Å². The van der Waals surface area contributed by atoms with E-state index in [0.29, 0.717) is 6.42 Å². The van der Waals surface area contributed by atoms with Crippen molar-refractivity contribution in [3.05, 3.63) is 48.6 Å². The van der Waals surface area contributed by atoms with Crippen LogP contribution < -0.4 is 5.32 Å². The lowest BCUT2D eigenvalue weighted by atomic mass is 10.0. The van der Waals surface area contributed by atoms with Crippen LogP contribution in [-0.4, -0.2) is 34.9 Å². The molecule has 0 bridgehead atoms. The van der Waals surface area contributed by atoms with Crippen LogP contribution in [-0.2, 0) is 4.79 Å². The molecule has 0 aliphatic rings. The molecule has 0 spiro atoms. The smallest absolute Gasteiger partial charge is 0.220 e. The van der Waals surface area contributed by atoms with Crippen molar-refractivity contribution in [1.82, 2.24) is 5.32 Å². The lowest BCUT2D eigenvalue weighted by Gasteiger charge is -2.19. The third-order valence-electron chi connectivity index (χ3n) is 10.3. The van der Waals surface area contributed by atoms with Crippen molar-refractivity contribution in [1.29, 1.82) is 0 Å². The summed E-state index contributed by atoms with van der Waals surface area (Å²) in [6, 6.07) is -0.640. The van der Waals surface area contributed by atoms with Crippen LogP contribution in [0.3, 0.4) is 0 Å². The van der Waals surface area contributed by atoms with Gasteiger partial charge < -0.3 is 15.5 Å². The number of nitrogens with one attached hydrogen (secondary N) is 1. The van der Waals surface area contributed by atoms with E-state index in [4.69, 9.17) is 0 Å². The number of carbonyl (C=O) groups excluding carboxylic acids is 1. The molecule has 0 aliphatic heterocycles. The van der Waals surface area contributed by atoms with Crippen LogP contribution in [0.4, 0.5) is 0 Å². The Labute approximate surface area is 324 Å². The van der Waals surface area contributed by atoms with E-state index in [-0.39, 0.29) is 12.5 Å². The van der Waals surface area contributed by atoms with E-state index >= 15 is 0 Å². The summed E-state index contributed by atoms with van der Waals surface area (Å²) in [5.74, 6) is -0.0762. The normalized spacial score (nSPS) is 13.4. The highest BCUT2D eigenvalue weighted by atomic mass is 16.3. The first kappa shape index (κ1) is 50.4. The molecule has 0 aliphatic carbocycles. The van der Waals surface area contributed by atoms with Crippen LogP contribution in [0.2, 0.25) is 0 Å². The van der Waals surface area contributed by atoms with Gasteiger partial charge in [0.2, 0.25) is 5.91 Å². The average Bonchev–Trinajstić information content (AvgIpc) is 3.15. The molecule has 0 rings (SSSR count). The van der Waals surface area contributed by atoms with Crippen LogP contribution in [0.1, 0.15) is 232 Å². The standard InChI is InChI=1S/C48H89NO3/c1-3-5-7-9-11-13-15-17-19-21-22-23-24-25-26-28-30-32-34-36-38-40-42-44-48(52)49-46(45-50)47(51)43-41-39-37-35-33-31-29-27-20-18-16-14-12-10-8-6-4-2/h15,17,21-22,33,35,41,43,46-47,50-51H,3-14,16,18-20,23-32,34,36-40,42,44-45H2,1-2H3,(H,49,52)/b17-15-,22-21-,35-33+,43-41+. The maximum Gasteiger partial charge on any atom is 0.220 e. The van der Waals surface area contributed by atoms with Gasteiger partial charge in [-0.3, -0.25) is 4.79 Å². The summed E-state index contributed by atoms with van der Waals surface area (Å²) in [6.07, 6.45) is 59.4. The molecule has 0 aromatic carbocycles. The fourth-order valence-corrected chi connectivity index (χ4v) is 6.75. The highest BCUT2D eigenvalue weighted by Gasteiger charge is 2.17. The van der Waals surface area contributed by atoms with Gasteiger partial charge in [0, 0.05) is 6.42 Å². The predicted octanol–water partition coefficient (Wildman–Crippen LogP) is 14.4. The summed E-state index contributed by atoms with van der Waals surface area (Å²) in [6.45, 7) is 4.29. The number of amides is 1. The Balaban J connectivity index is 3.59. The summed E-state index contributed by atoms with van der Waals surface area (Å²) in [5, 5.41) is 23.0. The van der Waals surface area contributed by atoms with Gasteiger partial charge in [-0.15, -0.1) is 0 Å². The molecule has 3 N–H and O–H groups in total. The van der Waals surface area contributed by atoms with Crippen molar-refractivity contribution >= 4 is 5.91 Å². The van der Waals surface area contributed by atoms with E-state index in [1.165, 1.54) is 173 Å². The van der Waals surface area contributed by atoms with Gasteiger partial charge in [-0.25, -0.2) is 0 Å². The summed E-state index contributed by atoms with van der Waals surface area (Å²) in [4.78, 5) is 12.4. The van der Waals surface area contributed by atoms with Crippen LogP contribution >= 0.6 is 0 Å². The van der Waals surface area contributed by atoms with Crippen molar-refractivity contribution in [3.8, 4) is 0 Å². The second kappa shape index (κ2) is 43.8. The Morgan fingerprint density at radius 1 is 0.462 bits per heavy atom. The van der Waals surface area contributed by atoms with Gasteiger partial charge >= 0.3 is 0 Å². The van der Waals surface area contributed by atoms with E-state index in [9.17, 15) is 15.0 Å². The van der Waals surface area contributed by atoms with Gasteiger partial charge in [-0.05, 0) is 64.2 Å². The minimum atomic E-state index is -0.863. The van der Waals surface area contributed by atoms with Crippen molar-refractivity contribution in [3.63, 3.8) is 0 Å². The highest BCUT2D eigenvalue weighted by Crippen LogP contribution is 2.14. The number of allylic oxidation sites excluding steroid dienone is 7. The maximum absolute atomic E-state index is 12.4.